The fourth-order valence-electron chi connectivity index (χ4n) is 3.71. The number of carbonyl (C=O) groups excluding carboxylic acids is 1. The van der Waals surface area contributed by atoms with Gasteiger partial charge in [-0.3, -0.25) is 9.48 Å². The molecule has 0 aliphatic carbocycles. The summed E-state index contributed by atoms with van der Waals surface area (Å²) < 4.78 is 9.54. The molecule has 1 N–H and O–H groups in total. The van der Waals surface area contributed by atoms with Gasteiger partial charge in [-0.25, -0.2) is 4.98 Å². The van der Waals surface area contributed by atoms with Gasteiger partial charge in [0.25, 0.3) is 5.91 Å². The number of nitrogens with zero attached hydrogens (tertiary/aromatic N) is 4. The van der Waals surface area contributed by atoms with Crippen LogP contribution in [0.1, 0.15) is 33.7 Å². The van der Waals surface area contributed by atoms with Crippen molar-refractivity contribution in [2.75, 3.05) is 0 Å². The van der Waals surface area contributed by atoms with Crippen molar-refractivity contribution in [1.29, 1.82) is 0 Å². The van der Waals surface area contributed by atoms with Gasteiger partial charge in [-0.15, -0.1) is 0 Å². The average Bonchev–Trinajstić information content (AvgIpc) is 3.55. The number of rotatable bonds is 6. The summed E-state index contributed by atoms with van der Waals surface area (Å²) in [5.74, 6) is 1.37. The minimum atomic E-state index is -0.425. The molecular formula is C24H21N5O2. The highest BCUT2D eigenvalue weighted by Crippen LogP contribution is 2.25. The topological polar surface area (TPSA) is 77.9 Å². The average molecular weight is 411 g/mol. The summed E-state index contributed by atoms with van der Waals surface area (Å²) in [6, 6.07) is 22.6. The van der Waals surface area contributed by atoms with Crippen LogP contribution in [0.25, 0.3) is 11.0 Å². The first-order valence-electron chi connectivity index (χ1n) is 10.0. The number of nitrogens with one attached hydrogen (secondary N) is 1. The number of fused-ring (bicyclic) bond motifs is 1. The fraction of sp³-hybridized carbons (Fsp3) is 0.125. The van der Waals surface area contributed by atoms with Gasteiger partial charge in [0.15, 0.2) is 5.76 Å². The number of hydrogen-bond donors (Lipinski definition) is 1. The molecule has 0 bridgehead atoms. The third kappa shape index (κ3) is 3.73. The van der Waals surface area contributed by atoms with E-state index in [1.54, 1.807) is 23.0 Å². The summed E-state index contributed by atoms with van der Waals surface area (Å²) in [5.41, 5.74) is 2.83. The number of amides is 1. The minimum absolute atomic E-state index is 0.252. The van der Waals surface area contributed by atoms with Gasteiger partial charge in [-0.2, -0.15) is 5.10 Å². The molecule has 0 aliphatic rings. The van der Waals surface area contributed by atoms with Crippen molar-refractivity contribution >= 4 is 16.9 Å². The van der Waals surface area contributed by atoms with E-state index < -0.39 is 6.04 Å². The van der Waals surface area contributed by atoms with Gasteiger partial charge in [-0.1, -0.05) is 42.5 Å². The normalized spacial score (nSPS) is 12.2. The van der Waals surface area contributed by atoms with Crippen LogP contribution >= 0.6 is 0 Å². The van der Waals surface area contributed by atoms with E-state index in [2.05, 4.69) is 10.4 Å². The molecule has 0 saturated heterocycles. The third-order valence-corrected chi connectivity index (χ3v) is 5.25. The van der Waals surface area contributed by atoms with Crippen LogP contribution in [0.15, 0.2) is 89.6 Å². The second-order valence-electron chi connectivity index (χ2n) is 7.30. The van der Waals surface area contributed by atoms with E-state index in [0.717, 1.165) is 22.4 Å². The molecule has 3 heterocycles. The van der Waals surface area contributed by atoms with Crippen LogP contribution in [-0.2, 0) is 13.6 Å². The number of benzene rings is 2. The maximum absolute atomic E-state index is 13.1. The zero-order chi connectivity index (χ0) is 21.2. The monoisotopic (exact) mass is 411 g/mol. The van der Waals surface area contributed by atoms with E-state index in [1.807, 2.05) is 78.5 Å². The predicted molar refractivity (Wildman–Crippen MR) is 117 cm³/mol. The summed E-state index contributed by atoms with van der Waals surface area (Å²) >= 11 is 0. The highest BCUT2D eigenvalue weighted by molar-refractivity contribution is 5.92. The zero-order valence-corrected chi connectivity index (χ0v) is 17.0. The lowest BCUT2D eigenvalue weighted by molar-refractivity contribution is 0.0911. The molecule has 3 aromatic heterocycles. The van der Waals surface area contributed by atoms with Crippen molar-refractivity contribution in [2.45, 2.75) is 12.6 Å². The molecule has 0 aliphatic heterocycles. The van der Waals surface area contributed by atoms with Crippen LogP contribution in [0.3, 0.4) is 0 Å². The predicted octanol–water partition coefficient (Wildman–Crippen LogP) is 3.93. The molecule has 5 rings (SSSR count). The van der Waals surface area contributed by atoms with Gasteiger partial charge in [0.1, 0.15) is 17.6 Å². The Morgan fingerprint density at radius 1 is 1.03 bits per heavy atom. The summed E-state index contributed by atoms with van der Waals surface area (Å²) in [6.07, 6.45) is 3.55. The molecule has 1 amide bonds. The largest absolute Gasteiger partial charge is 0.454 e. The van der Waals surface area contributed by atoms with Crippen LogP contribution in [0, 0.1) is 0 Å². The van der Waals surface area contributed by atoms with Gasteiger partial charge in [0.05, 0.1) is 17.6 Å². The Hall–Kier alpha value is -4.13. The fourth-order valence-corrected chi connectivity index (χ4v) is 3.71. The molecule has 1 unspecified atom stereocenters. The number of hydrogen-bond acceptors (Lipinski definition) is 4. The van der Waals surface area contributed by atoms with Crippen LogP contribution in [-0.4, -0.2) is 25.2 Å². The number of carbonyl (C=O) groups is 1. The number of aromatic nitrogens is 4. The second kappa shape index (κ2) is 7.95. The van der Waals surface area contributed by atoms with Gasteiger partial charge >= 0.3 is 0 Å². The van der Waals surface area contributed by atoms with Crippen molar-refractivity contribution in [3.8, 4) is 0 Å². The number of imidazole rings is 1. The molecule has 7 nitrogen and oxygen atoms in total. The van der Waals surface area contributed by atoms with Gasteiger partial charge in [0.2, 0.25) is 0 Å². The van der Waals surface area contributed by atoms with Crippen molar-refractivity contribution in [2.24, 2.45) is 7.05 Å². The van der Waals surface area contributed by atoms with Crippen molar-refractivity contribution in [3.63, 3.8) is 0 Å². The Kier molecular flexibility index (Phi) is 4.84. The van der Waals surface area contributed by atoms with E-state index in [0.29, 0.717) is 12.3 Å². The molecule has 5 aromatic rings. The molecule has 7 heteroatoms. The minimum Gasteiger partial charge on any atom is -0.454 e. The van der Waals surface area contributed by atoms with Gasteiger partial charge in [-0.05, 0) is 35.9 Å². The quantitative estimate of drug-likeness (QED) is 0.459. The molecule has 1 atom stereocenters. The Morgan fingerprint density at radius 3 is 2.61 bits per heavy atom. The van der Waals surface area contributed by atoms with Crippen LogP contribution in [0.4, 0.5) is 0 Å². The first-order chi connectivity index (χ1) is 15.2. The molecule has 0 saturated carbocycles. The van der Waals surface area contributed by atoms with Crippen molar-refractivity contribution in [1.82, 2.24) is 24.6 Å². The smallest absolute Gasteiger partial charge is 0.287 e. The zero-order valence-electron chi connectivity index (χ0n) is 17.0. The van der Waals surface area contributed by atoms with Gasteiger partial charge < -0.3 is 14.3 Å². The lowest BCUT2D eigenvalue weighted by Gasteiger charge is -2.18. The lowest BCUT2D eigenvalue weighted by atomic mass is 10.1. The van der Waals surface area contributed by atoms with Crippen LogP contribution < -0.4 is 5.32 Å². The maximum atomic E-state index is 13.1. The molecular weight excluding hydrogens is 390 g/mol. The highest BCUT2D eigenvalue weighted by Gasteiger charge is 2.24. The lowest BCUT2D eigenvalue weighted by Crippen LogP contribution is -2.30. The number of furan rings is 1. The molecule has 31 heavy (non-hydrogen) atoms. The molecule has 0 radical (unpaired) electrons. The van der Waals surface area contributed by atoms with Crippen LogP contribution in [0.5, 0.6) is 0 Å². The van der Waals surface area contributed by atoms with Crippen molar-refractivity contribution in [3.05, 3.63) is 108 Å². The van der Waals surface area contributed by atoms with E-state index in [-0.39, 0.29) is 11.7 Å². The standard InChI is InChI=1S/C24H21N5O2/c1-28-20-11-6-5-10-19(20)26-23(28)22(17-8-3-2-4-9-17)27-24(30)21-13-12-18(31-21)16-29-15-7-14-25-29/h2-15,22H,16H2,1H3,(H,27,30). The molecule has 2 aromatic carbocycles. The number of para-hydroxylation sites is 2. The summed E-state index contributed by atoms with van der Waals surface area (Å²) in [5, 5.41) is 7.27. The Morgan fingerprint density at radius 2 is 1.84 bits per heavy atom. The Bertz CT molecular complexity index is 1320. The molecule has 0 spiro atoms. The molecule has 0 fully saturated rings. The van der Waals surface area contributed by atoms with Gasteiger partial charge in [0, 0.05) is 19.4 Å². The maximum Gasteiger partial charge on any atom is 0.287 e. The van der Waals surface area contributed by atoms with Crippen molar-refractivity contribution < 1.29 is 9.21 Å². The highest BCUT2D eigenvalue weighted by atomic mass is 16.4. The first kappa shape index (κ1) is 18.9. The van der Waals surface area contributed by atoms with E-state index in [1.165, 1.54) is 0 Å². The summed E-state index contributed by atoms with van der Waals surface area (Å²) in [4.78, 5) is 17.9. The first-order valence-corrected chi connectivity index (χ1v) is 10.0. The summed E-state index contributed by atoms with van der Waals surface area (Å²) in [6.45, 7) is 0.465. The Labute approximate surface area is 178 Å². The van der Waals surface area contributed by atoms with E-state index in [9.17, 15) is 4.79 Å². The van der Waals surface area contributed by atoms with Crippen LogP contribution in [0.2, 0.25) is 0 Å². The Balaban J connectivity index is 1.46. The van der Waals surface area contributed by atoms with E-state index >= 15 is 0 Å². The molecule has 154 valence electrons. The second-order valence-corrected chi connectivity index (χ2v) is 7.30. The SMILES string of the molecule is Cn1c(C(NC(=O)c2ccc(Cn3cccn3)o2)c2ccccc2)nc2ccccc21. The third-order valence-electron chi connectivity index (χ3n) is 5.25. The number of aryl methyl sites for hydroxylation is 1. The van der Waals surface area contributed by atoms with E-state index in [4.69, 9.17) is 9.40 Å². The summed E-state index contributed by atoms with van der Waals surface area (Å²) in [7, 11) is 1.96.